The molecule has 118 valence electrons. The molecule has 1 aromatic carbocycles. The number of hydrogen-bond acceptors (Lipinski definition) is 3. The monoisotopic (exact) mass is 319 g/mol. The zero-order valence-corrected chi connectivity index (χ0v) is 13.4. The van der Waals surface area contributed by atoms with Crippen molar-refractivity contribution in [3.05, 3.63) is 54.5 Å². The van der Waals surface area contributed by atoms with Crippen molar-refractivity contribution in [2.24, 2.45) is 4.99 Å². The van der Waals surface area contributed by atoms with Gasteiger partial charge in [0.05, 0.1) is 17.1 Å². The van der Waals surface area contributed by atoms with E-state index in [1.54, 1.807) is 13.3 Å². The maximum Gasteiger partial charge on any atom is 0.191 e. The maximum atomic E-state index is 12.1. The molecule has 1 heterocycles. The van der Waals surface area contributed by atoms with Gasteiger partial charge in [-0.25, -0.2) is 0 Å². The van der Waals surface area contributed by atoms with Gasteiger partial charge in [0.1, 0.15) is 5.76 Å². The molecule has 2 aromatic rings. The van der Waals surface area contributed by atoms with Crippen LogP contribution in [-0.2, 0) is 17.2 Å². The van der Waals surface area contributed by atoms with Crippen molar-refractivity contribution in [3.63, 3.8) is 0 Å². The van der Waals surface area contributed by atoms with Gasteiger partial charge in [-0.15, -0.1) is 0 Å². The van der Waals surface area contributed by atoms with E-state index in [1.807, 2.05) is 42.5 Å². The number of furan rings is 1. The molecule has 0 spiro atoms. The van der Waals surface area contributed by atoms with Gasteiger partial charge in [-0.3, -0.25) is 9.20 Å². The predicted molar refractivity (Wildman–Crippen MR) is 89.5 cm³/mol. The molecule has 0 radical (unpaired) electrons. The fourth-order valence-electron chi connectivity index (χ4n) is 1.93. The Hall–Kier alpha value is -2.08. The van der Waals surface area contributed by atoms with Crippen molar-refractivity contribution in [2.75, 3.05) is 25.9 Å². The molecule has 6 heteroatoms. The highest BCUT2D eigenvalue weighted by Gasteiger charge is 2.04. The van der Waals surface area contributed by atoms with Crippen LogP contribution in [0.25, 0.3) is 0 Å². The molecule has 0 bridgehead atoms. The Labute approximate surface area is 133 Å². The number of nitrogens with one attached hydrogen (secondary N) is 2. The quantitative estimate of drug-likeness (QED) is 0.603. The number of nitrogens with zero attached hydrogens (tertiary/aromatic N) is 1. The van der Waals surface area contributed by atoms with Crippen LogP contribution in [0.4, 0.5) is 0 Å². The van der Waals surface area contributed by atoms with Gasteiger partial charge in [0, 0.05) is 37.2 Å². The highest BCUT2D eigenvalue weighted by atomic mass is 32.2. The second kappa shape index (κ2) is 9.04. The highest BCUT2D eigenvalue weighted by Crippen LogP contribution is 2.04. The second-order valence-corrected chi connectivity index (χ2v) is 6.19. The molecule has 0 aliphatic heterocycles. The molecule has 2 rings (SSSR count). The summed E-state index contributed by atoms with van der Waals surface area (Å²) in [5.74, 6) is 2.19. The third kappa shape index (κ3) is 5.37. The van der Waals surface area contributed by atoms with Crippen molar-refractivity contribution < 1.29 is 8.63 Å². The van der Waals surface area contributed by atoms with Crippen LogP contribution in [0, 0.1) is 0 Å². The van der Waals surface area contributed by atoms with E-state index < -0.39 is 10.8 Å². The lowest BCUT2D eigenvalue weighted by Gasteiger charge is -2.11. The third-order valence-electron chi connectivity index (χ3n) is 3.05. The first-order chi connectivity index (χ1) is 10.8. The van der Waals surface area contributed by atoms with E-state index in [4.69, 9.17) is 4.42 Å². The average Bonchev–Trinajstić information content (AvgIpc) is 3.07. The zero-order valence-electron chi connectivity index (χ0n) is 12.6. The van der Waals surface area contributed by atoms with Crippen LogP contribution in [0.2, 0.25) is 0 Å². The first-order valence-corrected chi connectivity index (χ1v) is 8.52. The largest absolute Gasteiger partial charge is 0.469 e. The van der Waals surface area contributed by atoms with Crippen molar-refractivity contribution in [2.45, 2.75) is 11.3 Å². The van der Waals surface area contributed by atoms with Crippen LogP contribution < -0.4 is 10.6 Å². The van der Waals surface area contributed by atoms with Gasteiger partial charge in [-0.2, -0.15) is 0 Å². The van der Waals surface area contributed by atoms with Crippen molar-refractivity contribution >= 4 is 16.8 Å². The van der Waals surface area contributed by atoms with E-state index >= 15 is 0 Å². The van der Waals surface area contributed by atoms with Gasteiger partial charge in [-0.05, 0) is 24.3 Å². The molecule has 0 aliphatic rings. The SMILES string of the molecule is CN=C(NCCc1ccco1)NCCS(=O)c1ccccc1. The summed E-state index contributed by atoms with van der Waals surface area (Å²) in [4.78, 5) is 4.99. The Kier molecular flexibility index (Phi) is 6.70. The number of aliphatic imine (C=N–C) groups is 1. The van der Waals surface area contributed by atoms with E-state index in [0.717, 1.165) is 23.6 Å². The Morgan fingerprint density at radius 2 is 1.91 bits per heavy atom. The molecular weight excluding hydrogens is 298 g/mol. The van der Waals surface area contributed by atoms with Gasteiger partial charge in [0.15, 0.2) is 5.96 Å². The van der Waals surface area contributed by atoms with Gasteiger partial charge < -0.3 is 15.1 Å². The molecule has 0 amide bonds. The number of guanidine groups is 1. The molecule has 0 aliphatic carbocycles. The molecule has 0 saturated heterocycles. The standard InChI is InChI=1S/C16H21N3O2S/c1-17-16(18-10-9-14-6-5-12-21-14)19-11-13-22(20)15-7-3-2-4-8-15/h2-8,12H,9-11,13H2,1H3,(H2,17,18,19). The normalized spacial score (nSPS) is 12.9. The fourth-order valence-corrected chi connectivity index (χ4v) is 2.92. The first kappa shape index (κ1) is 16.3. The number of benzene rings is 1. The summed E-state index contributed by atoms with van der Waals surface area (Å²) in [6.07, 6.45) is 2.46. The van der Waals surface area contributed by atoms with Crippen LogP contribution >= 0.6 is 0 Å². The third-order valence-corrected chi connectivity index (χ3v) is 4.43. The van der Waals surface area contributed by atoms with Crippen molar-refractivity contribution in [1.82, 2.24) is 10.6 Å². The van der Waals surface area contributed by atoms with Crippen molar-refractivity contribution in [1.29, 1.82) is 0 Å². The van der Waals surface area contributed by atoms with E-state index in [1.165, 1.54) is 0 Å². The lowest BCUT2D eigenvalue weighted by Crippen LogP contribution is -2.39. The van der Waals surface area contributed by atoms with Gasteiger partial charge in [0.2, 0.25) is 0 Å². The molecule has 0 saturated carbocycles. The van der Waals surface area contributed by atoms with Gasteiger partial charge in [-0.1, -0.05) is 18.2 Å². The fraction of sp³-hybridized carbons (Fsp3) is 0.312. The summed E-state index contributed by atoms with van der Waals surface area (Å²) in [5.41, 5.74) is 0. The highest BCUT2D eigenvalue weighted by molar-refractivity contribution is 7.85. The van der Waals surface area contributed by atoms with Crippen molar-refractivity contribution in [3.8, 4) is 0 Å². The maximum absolute atomic E-state index is 12.1. The molecule has 5 nitrogen and oxygen atoms in total. The summed E-state index contributed by atoms with van der Waals surface area (Å²) in [6, 6.07) is 13.3. The summed E-state index contributed by atoms with van der Waals surface area (Å²) in [7, 11) is 0.727. The van der Waals surface area contributed by atoms with Gasteiger partial charge in [0.25, 0.3) is 0 Å². The molecule has 1 aromatic heterocycles. The molecule has 1 atom stereocenters. The Balaban J connectivity index is 1.67. The van der Waals surface area contributed by atoms with E-state index in [2.05, 4.69) is 15.6 Å². The van der Waals surface area contributed by atoms with Crippen LogP contribution in [-0.4, -0.2) is 36.1 Å². The molecule has 1 unspecified atom stereocenters. The Morgan fingerprint density at radius 1 is 1.14 bits per heavy atom. The first-order valence-electron chi connectivity index (χ1n) is 7.20. The zero-order chi connectivity index (χ0) is 15.6. The minimum Gasteiger partial charge on any atom is -0.469 e. The Morgan fingerprint density at radius 3 is 2.59 bits per heavy atom. The summed E-state index contributed by atoms with van der Waals surface area (Å²) in [5, 5.41) is 6.37. The summed E-state index contributed by atoms with van der Waals surface area (Å²) in [6.45, 7) is 1.33. The molecule has 2 N–H and O–H groups in total. The topological polar surface area (TPSA) is 66.6 Å². The van der Waals surface area contributed by atoms with E-state index in [0.29, 0.717) is 18.3 Å². The van der Waals surface area contributed by atoms with Crippen LogP contribution in [0.5, 0.6) is 0 Å². The molecular formula is C16H21N3O2S. The van der Waals surface area contributed by atoms with Crippen LogP contribution in [0.3, 0.4) is 0 Å². The summed E-state index contributed by atoms with van der Waals surface area (Å²) >= 11 is 0. The molecule has 0 fully saturated rings. The lowest BCUT2D eigenvalue weighted by atomic mass is 10.3. The minimum atomic E-state index is -0.992. The number of hydrogen-bond donors (Lipinski definition) is 2. The summed E-state index contributed by atoms with van der Waals surface area (Å²) < 4.78 is 17.4. The van der Waals surface area contributed by atoms with E-state index in [9.17, 15) is 4.21 Å². The predicted octanol–water partition coefficient (Wildman–Crippen LogP) is 1.79. The lowest BCUT2D eigenvalue weighted by molar-refractivity contribution is 0.507. The minimum absolute atomic E-state index is 0.545. The number of rotatable bonds is 7. The van der Waals surface area contributed by atoms with Crippen LogP contribution in [0.1, 0.15) is 5.76 Å². The second-order valence-electron chi connectivity index (χ2n) is 4.62. The average molecular weight is 319 g/mol. The van der Waals surface area contributed by atoms with E-state index in [-0.39, 0.29) is 0 Å². The van der Waals surface area contributed by atoms with Gasteiger partial charge >= 0.3 is 0 Å². The molecule has 22 heavy (non-hydrogen) atoms. The van der Waals surface area contributed by atoms with Crippen LogP contribution in [0.15, 0.2) is 63.0 Å². The smallest absolute Gasteiger partial charge is 0.191 e. The Bertz CT molecular complexity index is 597.